The molecule has 1 aromatic carbocycles. The minimum atomic E-state index is -0.554. The van der Waals surface area contributed by atoms with E-state index in [0.717, 1.165) is 5.39 Å². The maximum Gasteiger partial charge on any atom is 0.344 e. The molecule has 0 amide bonds. The Hall–Kier alpha value is -3.22. The van der Waals surface area contributed by atoms with Gasteiger partial charge < -0.3 is 15.2 Å². The molecule has 0 aliphatic heterocycles. The predicted molar refractivity (Wildman–Crippen MR) is 88.5 cm³/mol. The molecule has 7 heteroatoms. The Labute approximate surface area is 138 Å². The summed E-state index contributed by atoms with van der Waals surface area (Å²) in [6.45, 7) is 2.13. The molecule has 0 saturated carbocycles. The number of carbonyl (C=O) groups excluding carboxylic acids is 1. The third kappa shape index (κ3) is 3.24. The summed E-state index contributed by atoms with van der Waals surface area (Å²) in [7, 11) is 0. The number of nitrogens with two attached hydrogens (primary N) is 1. The largest absolute Gasteiger partial charge is 0.477 e. The van der Waals surface area contributed by atoms with Gasteiger partial charge in [-0.15, -0.1) is 0 Å². The number of nitrogens with zero attached hydrogens (tertiary/aromatic N) is 3. The molecule has 0 saturated heterocycles. The fraction of sp³-hybridized carbons (Fsp3) is 0.176. The quantitative estimate of drug-likeness (QED) is 0.719. The number of hydrogen-bond acceptors (Lipinski definition) is 7. The van der Waals surface area contributed by atoms with Gasteiger partial charge in [0.1, 0.15) is 11.4 Å². The Balaban J connectivity index is 1.77. The van der Waals surface area contributed by atoms with Crippen LogP contribution in [0.15, 0.2) is 42.6 Å². The second kappa shape index (κ2) is 6.91. The summed E-state index contributed by atoms with van der Waals surface area (Å²) < 4.78 is 10.6. The molecule has 3 rings (SSSR count). The van der Waals surface area contributed by atoms with Crippen molar-refractivity contribution in [3.05, 3.63) is 54.0 Å². The highest BCUT2D eigenvalue weighted by Crippen LogP contribution is 2.19. The lowest BCUT2D eigenvalue weighted by molar-refractivity contribution is 0.0457. The maximum atomic E-state index is 12.2. The Morgan fingerprint density at radius 1 is 1.17 bits per heavy atom. The lowest BCUT2D eigenvalue weighted by atomic mass is 10.2. The van der Waals surface area contributed by atoms with E-state index >= 15 is 0 Å². The standard InChI is InChI=1S/C17H16N4O3/c1-2-23-16-12(7-5-9-19-16)17(22)24-10-14-20-13-8-4-3-6-11(13)15(18)21-14/h3-9H,2,10H2,1H3,(H2,18,20,21). The molecule has 0 spiro atoms. The Morgan fingerprint density at radius 3 is 2.83 bits per heavy atom. The smallest absolute Gasteiger partial charge is 0.344 e. The van der Waals surface area contributed by atoms with E-state index in [1.54, 1.807) is 18.3 Å². The highest BCUT2D eigenvalue weighted by atomic mass is 16.5. The summed E-state index contributed by atoms with van der Waals surface area (Å²) in [4.78, 5) is 24.8. The van der Waals surface area contributed by atoms with Gasteiger partial charge in [0.15, 0.2) is 12.4 Å². The fourth-order valence-corrected chi connectivity index (χ4v) is 2.22. The number of fused-ring (bicyclic) bond motifs is 1. The van der Waals surface area contributed by atoms with Crippen molar-refractivity contribution in [2.24, 2.45) is 0 Å². The molecule has 2 heterocycles. The first-order valence-electron chi connectivity index (χ1n) is 7.45. The number of esters is 1. The number of nitrogen functional groups attached to an aromatic ring is 1. The van der Waals surface area contributed by atoms with E-state index in [9.17, 15) is 4.79 Å². The van der Waals surface area contributed by atoms with Crippen molar-refractivity contribution < 1.29 is 14.3 Å². The second-order valence-corrected chi connectivity index (χ2v) is 4.91. The van der Waals surface area contributed by atoms with Gasteiger partial charge in [-0.1, -0.05) is 12.1 Å². The van der Waals surface area contributed by atoms with Crippen LogP contribution < -0.4 is 10.5 Å². The van der Waals surface area contributed by atoms with Gasteiger partial charge in [-0.05, 0) is 31.2 Å². The summed E-state index contributed by atoms with van der Waals surface area (Å²) in [5.41, 5.74) is 6.88. The molecule has 24 heavy (non-hydrogen) atoms. The Bertz CT molecular complexity index is 883. The van der Waals surface area contributed by atoms with E-state index in [4.69, 9.17) is 15.2 Å². The van der Waals surface area contributed by atoms with Gasteiger partial charge >= 0.3 is 5.97 Å². The number of para-hydroxylation sites is 1. The Morgan fingerprint density at radius 2 is 2.00 bits per heavy atom. The van der Waals surface area contributed by atoms with Gasteiger partial charge in [-0.2, -0.15) is 0 Å². The zero-order chi connectivity index (χ0) is 16.9. The lowest BCUT2D eigenvalue weighted by Crippen LogP contribution is -2.11. The highest BCUT2D eigenvalue weighted by molar-refractivity contribution is 5.92. The molecule has 2 N–H and O–H groups in total. The minimum absolute atomic E-state index is 0.0890. The van der Waals surface area contributed by atoms with Crippen molar-refractivity contribution in [3.8, 4) is 5.88 Å². The zero-order valence-corrected chi connectivity index (χ0v) is 13.1. The normalized spacial score (nSPS) is 10.5. The SMILES string of the molecule is CCOc1ncccc1C(=O)OCc1nc(N)c2ccccc2n1. The predicted octanol–water partition coefficient (Wildman–Crippen LogP) is 2.36. The average Bonchev–Trinajstić information content (AvgIpc) is 2.60. The number of ether oxygens (including phenoxy) is 2. The van der Waals surface area contributed by atoms with Gasteiger partial charge in [0, 0.05) is 11.6 Å². The van der Waals surface area contributed by atoms with Crippen LogP contribution in [0.4, 0.5) is 5.82 Å². The van der Waals surface area contributed by atoms with Gasteiger partial charge in [0.25, 0.3) is 0 Å². The second-order valence-electron chi connectivity index (χ2n) is 4.91. The number of benzene rings is 1. The van der Waals surface area contributed by atoms with Crippen molar-refractivity contribution in [1.29, 1.82) is 0 Å². The van der Waals surface area contributed by atoms with E-state index in [0.29, 0.717) is 23.8 Å². The van der Waals surface area contributed by atoms with E-state index in [1.807, 2.05) is 31.2 Å². The topological polar surface area (TPSA) is 100 Å². The summed E-state index contributed by atoms with van der Waals surface area (Å²) in [5.74, 6) is 0.371. The van der Waals surface area contributed by atoms with Crippen LogP contribution in [0.3, 0.4) is 0 Å². The molecular weight excluding hydrogens is 308 g/mol. The van der Waals surface area contributed by atoms with Crippen LogP contribution in [-0.2, 0) is 11.3 Å². The first-order valence-corrected chi connectivity index (χ1v) is 7.45. The van der Waals surface area contributed by atoms with Crippen LogP contribution in [0, 0.1) is 0 Å². The molecule has 0 aliphatic rings. The summed E-state index contributed by atoms with van der Waals surface area (Å²) >= 11 is 0. The van der Waals surface area contributed by atoms with Crippen LogP contribution in [0.2, 0.25) is 0 Å². The lowest BCUT2D eigenvalue weighted by Gasteiger charge is -2.09. The average molecular weight is 324 g/mol. The monoisotopic (exact) mass is 324 g/mol. The van der Waals surface area contributed by atoms with E-state index in [-0.39, 0.29) is 18.1 Å². The van der Waals surface area contributed by atoms with Crippen LogP contribution in [-0.4, -0.2) is 27.5 Å². The minimum Gasteiger partial charge on any atom is -0.477 e. The van der Waals surface area contributed by atoms with Gasteiger partial charge in [-0.25, -0.2) is 19.7 Å². The molecule has 0 bridgehead atoms. The first-order chi connectivity index (χ1) is 11.7. The van der Waals surface area contributed by atoms with Crippen molar-refractivity contribution in [2.75, 3.05) is 12.3 Å². The molecule has 7 nitrogen and oxygen atoms in total. The van der Waals surface area contributed by atoms with Gasteiger partial charge in [0.2, 0.25) is 5.88 Å². The van der Waals surface area contributed by atoms with Crippen LogP contribution in [0.1, 0.15) is 23.1 Å². The number of pyridine rings is 1. The summed E-state index contributed by atoms with van der Waals surface area (Å²) in [6.07, 6.45) is 1.55. The van der Waals surface area contributed by atoms with E-state index in [1.165, 1.54) is 0 Å². The van der Waals surface area contributed by atoms with Crippen molar-refractivity contribution in [1.82, 2.24) is 15.0 Å². The molecule has 3 aromatic rings. The molecule has 0 radical (unpaired) electrons. The van der Waals surface area contributed by atoms with E-state index in [2.05, 4.69) is 15.0 Å². The molecule has 122 valence electrons. The number of hydrogen-bond donors (Lipinski definition) is 1. The molecule has 0 fully saturated rings. The van der Waals surface area contributed by atoms with Crippen LogP contribution in [0.25, 0.3) is 10.9 Å². The van der Waals surface area contributed by atoms with Crippen molar-refractivity contribution in [2.45, 2.75) is 13.5 Å². The van der Waals surface area contributed by atoms with Crippen molar-refractivity contribution >= 4 is 22.7 Å². The summed E-state index contributed by atoms with van der Waals surface area (Å²) in [5, 5.41) is 0.762. The van der Waals surface area contributed by atoms with Crippen molar-refractivity contribution in [3.63, 3.8) is 0 Å². The zero-order valence-electron chi connectivity index (χ0n) is 13.1. The fourth-order valence-electron chi connectivity index (χ4n) is 2.22. The molecule has 0 unspecified atom stereocenters. The molecule has 0 aliphatic carbocycles. The van der Waals surface area contributed by atoms with Crippen LogP contribution in [0.5, 0.6) is 5.88 Å². The van der Waals surface area contributed by atoms with E-state index < -0.39 is 5.97 Å². The molecule has 0 atom stereocenters. The molecule has 2 aromatic heterocycles. The highest BCUT2D eigenvalue weighted by Gasteiger charge is 2.16. The third-order valence-corrected chi connectivity index (χ3v) is 3.28. The Kier molecular flexibility index (Phi) is 4.51. The molecular formula is C17H16N4O3. The summed E-state index contributed by atoms with van der Waals surface area (Å²) in [6, 6.07) is 10.6. The van der Waals surface area contributed by atoms with Gasteiger partial charge in [0.05, 0.1) is 12.1 Å². The van der Waals surface area contributed by atoms with Gasteiger partial charge in [-0.3, -0.25) is 0 Å². The first kappa shape index (κ1) is 15.7. The number of anilines is 1. The number of aromatic nitrogens is 3. The maximum absolute atomic E-state index is 12.2. The number of rotatable bonds is 5. The van der Waals surface area contributed by atoms with Crippen LogP contribution >= 0.6 is 0 Å². The number of carbonyl (C=O) groups is 1. The third-order valence-electron chi connectivity index (χ3n) is 3.28.